The van der Waals surface area contributed by atoms with E-state index >= 15 is 0 Å². The fourth-order valence-corrected chi connectivity index (χ4v) is 0.928. The molecule has 2 amide bonds. The molecule has 0 aliphatic rings. The molecule has 0 atom stereocenters. The number of rotatable bonds is 7. The van der Waals surface area contributed by atoms with Gasteiger partial charge in [0.25, 0.3) is 0 Å². The second kappa shape index (κ2) is 8.50. The summed E-state index contributed by atoms with van der Waals surface area (Å²) in [6, 6.07) is 0. The molecule has 0 bridgehead atoms. The second-order valence-corrected chi connectivity index (χ2v) is 2.91. The van der Waals surface area contributed by atoms with Gasteiger partial charge in [0.05, 0.1) is 0 Å². The summed E-state index contributed by atoms with van der Waals surface area (Å²) in [4.78, 5) is 22.0. The van der Waals surface area contributed by atoms with Crippen molar-refractivity contribution in [3.05, 3.63) is 0 Å². The molecule has 0 aliphatic carbocycles. The van der Waals surface area contributed by atoms with Gasteiger partial charge in [-0.05, 0) is 14.0 Å². The number of hydrogen-bond donors (Lipinski definition) is 3. The van der Waals surface area contributed by atoms with E-state index in [-0.39, 0.29) is 11.8 Å². The average molecular weight is 201 g/mol. The molecular formula is C9H19N3O2. The molecule has 0 rings (SSSR count). The van der Waals surface area contributed by atoms with Crippen LogP contribution >= 0.6 is 0 Å². The molecule has 5 heteroatoms. The lowest BCUT2D eigenvalue weighted by atomic mass is 10.3. The second-order valence-electron chi connectivity index (χ2n) is 2.91. The minimum absolute atomic E-state index is 0.0244. The molecule has 82 valence electrons. The van der Waals surface area contributed by atoms with Crippen molar-refractivity contribution < 1.29 is 9.59 Å². The SMILES string of the molecule is CCNC(=O)CCNC(=O)CCNC. The van der Waals surface area contributed by atoms with Gasteiger partial charge in [-0.2, -0.15) is 0 Å². The highest BCUT2D eigenvalue weighted by molar-refractivity contribution is 5.78. The maximum Gasteiger partial charge on any atom is 0.221 e. The predicted octanol–water partition coefficient (Wildman–Crippen LogP) is -0.762. The summed E-state index contributed by atoms with van der Waals surface area (Å²) in [5.74, 6) is -0.0509. The topological polar surface area (TPSA) is 70.2 Å². The number of carbonyl (C=O) groups excluding carboxylic acids is 2. The smallest absolute Gasteiger partial charge is 0.221 e. The zero-order chi connectivity index (χ0) is 10.8. The summed E-state index contributed by atoms with van der Waals surface area (Å²) in [7, 11) is 1.79. The first kappa shape index (κ1) is 12.9. The van der Waals surface area contributed by atoms with Gasteiger partial charge in [-0.15, -0.1) is 0 Å². The Bertz CT molecular complexity index is 183. The van der Waals surface area contributed by atoms with Crippen molar-refractivity contribution in [1.29, 1.82) is 0 Å². The Kier molecular flexibility index (Phi) is 7.83. The van der Waals surface area contributed by atoms with Crippen LogP contribution in [0.5, 0.6) is 0 Å². The molecule has 14 heavy (non-hydrogen) atoms. The molecule has 0 saturated heterocycles. The average Bonchev–Trinajstić information content (AvgIpc) is 2.15. The molecule has 0 heterocycles. The molecule has 0 aliphatic heterocycles. The van der Waals surface area contributed by atoms with Crippen LogP contribution < -0.4 is 16.0 Å². The first-order chi connectivity index (χ1) is 6.70. The van der Waals surface area contributed by atoms with Crippen molar-refractivity contribution in [2.45, 2.75) is 19.8 Å². The van der Waals surface area contributed by atoms with Gasteiger partial charge in [0.15, 0.2) is 0 Å². The van der Waals surface area contributed by atoms with E-state index in [1.54, 1.807) is 7.05 Å². The predicted molar refractivity (Wildman–Crippen MR) is 54.9 cm³/mol. The number of amides is 2. The quantitative estimate of drug-likeness (QED) is 0.507. The van der Waals surface area contributed by atoms with Crippen molar-refractivity contribution in [3.63, 3.8) is 0 Å². The van der Waals surface area contributed by atoms with Crippen LogP contribution in [0.2, 0.25) is 0 Å². The standard InChI is InChI=1S/C9H19N3O2/c1-3-11-8(13)5-7-12-9(14)4-6-10-2/h10H,3-7H2,1-2H3,(H,11,13)(H,12,14). The third-order valence-corrected chi connectivity index (χ3v) is 1.65. The van der Waals surface area contributed by atoms with Crippen molar-refractivity contribution in [2.24, 2.45) is 0 Å². The zero-order valence-corrected chi connectivity index (χ0v) is 8.85. The van der Waals surface area contributed by atoms with E-state index in [1.165, 1.54) is 0 Å². The van der Waals surface area contributed by atoms with Gasteiger partial charge in [0.2, 0.25) is 11.8 Å². The van der Waals surface area contributed by atoms with Gasteiger partial charge in [-0.25, -0.2) is 0 Å². The van der Waals surface area contributed by atoms with Gasteiger partial charge in [-0.3, -0.25) is 9.59 Å². The highest BCUT2D eigenvalue weighted by Gasteiger charge is 2.01. The third-order valence-electron chi connectivity index (χ3n) is 1.65. The first-order valence-electron chi connectivity index (χ1n) is 4.88. The summed E-state index contributed by atoms with van der Waals surface area (Å²) in [6.45, 7) is 3.57. The Labute approximate surface area is 84.6 Å². The number of hydrogen-bond acceptors (Lipinski definition) is 3. The van der Waals surface area contributed by atoms with Crippen molar-refractivity contribution >= 4 is 11.8 Å². The monoisotopic (exact) mass is 201 g/mol. The van der Waals surface area contributed by atoms with E-state index in [4.69, 9.17) is 0 Å². The Morgan fingerprint density at radius 1 is 1.00 bits per heavy atom. The molecule has 0 aromatic heterocycles. The van der Waals surface area contributed by atoms with E-state index in [0.717, 1.165) is 0 Å². The molecule has 0 spiro atoms. The largest absolute Gasteiger partial charge is 0.356 e. The van der Waals surface area contributed by atoms with Gasteiger partial charge < -0.3 is 16.0 Å². The molecule has 0 unspecified atom stereocenters. The molecule has 0 aromatic carbocycles. The summed E-state index contributed by atoms with van der Waals surface area (Å²) in [5.41, 5.74) is 0. The highest BCUT2D eigenvalue weighted by atomic mass is 16.2. The van der Waals surface area contributed by atoms with Crippen LogP contribution in [-0.4, -0.2) is 38.5 Å². The summed E-state index contributed by atoms with van der Waals surface area (Å²) < 4.78 is 0. The van der Waals surface area contributed by atoms with E-state index in [2.05, 4.69) is 16.0 Å². The Hall–Kier alpha value is -1.10. The summed E-state index contributed by atoms with van der Waals surface area (Å²) >= 11 is 0. The summed E-state index contributed by atoms with van der Waals surface area (Å²) in [5, 5.41) is 8.20. The molecule has 0 fully saturated rings. The molecule has 0 saturated carbocycles. The Morgan fingerprint density at radius 3 is 2.14 bits per heavy atom. The Balaban J connectivity index is 3.34. The van der Waals surface area contributed by atoms with Crippen molar-refractivity contribution in [3.8, 4) is 0 Å². The lowest BCUT2D eigenvalue weighted by molar-refractivity contribution is -0.122. The van der Waals surface area contributed by atoms with Gasteiger partial charge in [0.1, 0.15) is 0 Å². The molecular weight excluding hydrogens is 182 g/mol. The van der Waals surface area contributed by atoms with Crippen molar-refractivity contribution in [2.75, 3.05) is 26.7 Å². The van der Waals surface area contributed by atoms with E-state index < -0.39 is 0 Å². The van der Waals surface area contributed by atoms with Gasteiger partial charge in [-0.1, -0.05) is 0 Å². The maximum atomic E-state index is 11.1. The summed E-state index contributed by atoms with van der Waals surface area (Å²) in [6.07, 6.45) is 0.797. The fourth-order valence-electron chi connectivity index (χ4n) is 0.928. The van der Waals surface area contributed by atoms with Crippen LogP contribution in [0.3, 0.4) is 0 Å². The van der Waals surface area contributed by atoms with E-state index in [0.29, 0.717) is 32.5 Å². The van der Waals surface area contributed by atoms with Crippen LogP contribution in [0.25, 0.3) is 0 Å². The van der Waals surface area contributed by atoms with Gasteiger partial charge >= 0.3 is 0 Å². The fraction of sp³-hybridized carbons (Fsp3) is 0.778. The lowest BCUT2D eigenvalue weighted by Crippen LogP contribution is -2.31. The highest BCUT2D eigenvalue weighted by Crippen LogP contribution is 1.80. The number of carbonyl (C=O) groups is 2. The molecule has 5 nitrogen and oxygen atoms in total. The Morgan fingerprint density at radius 2 is 1.57 bits per heavy atom. The minimum atomic E-state index is -0.0265. The van der Waals surface area contributed by atoms with Gasteiger partial charge in [0, 0.05) is 32.5 Å². The molecule has 0 aromatic rings. The van der Waals surface area contributed by atoms with E-state index in [9.17, 15) is 9.59 Å². The van der Waals surface area contributed by atoms with Crippen LogP contribution in [0, 0.1) is 0 Å². The third kappa shape index (κ3) is 7.54. The van der Waals surface area contributed by atoms with Crippen LogP contribution in [-0.2, 0) is 9.59 Å². The zero-order valence-electron chi connectivity index (χ0n) is 8.85. The van der Waals surface area contributed by atoms with E-state index in [1.807, 2.05) is 6.92 Å². The number of nitrogens with one attached hydrogen (secondary N) is 3. The lowest BCUT2D eigenvalue weighted by Gasteiger charge is -2.04. The van der Waals surface area contributed by atoms with Crippen LogP contribution in [0.4, 0.5) is 0 Å². The minimum Gasteiger partial charge on any atom is -0.356 e. The molecule has 0 radical (unpaired) electrons. The van der Waals surface area contributed by atoms with Crippen LogP contribution in [0.15, 0.2) is 0 Å². The molecule has 3 N–H and O–H groups in total. The van der Waals surface area contributed by atoms with Crippen LogP contribution in [0.1, 0.15) is 19.8 Å². The van der Waals surface area contributed by atoms with Crippen molar-refractivity contribution in [1.82, 2.24) is 16.0 Å². The first-order valence-corrected chi connectivity index (χ1v) is 4.88. The maximum absolute atomic E-state index is 11.1. The normalized spacial score (nSPS) is 9.57.